The minimum Gasteiger partial charge on any atom is -0.477 e. The van der Waals surface area contributed by atoms with Gasteiger partial charge < -0.3 is 10.1 Å². The molecule has 0 radical (unpaired) electrons. The molecule has 22 heavy (non-hydrogen) atoms. The highest BCUT2D eigenvalue weighted by atomic mass is 16.4. The Morgan fingerprint density at radius 1 is 1.32 bits per heavy atom. The Morgan fingerprint density at radius 3 is 3.00 bits per heavy atom. The molecular weight excluding hydrogens is 280 g/mol. The van der Waals surface area contributed by atoms with Gasteiger partial charge in [-0.25, -0.2) is 14.3 Å². The first-order valence-corrected chi connectivity index (χ1v) is 6.79. The van der Waals surface area contributed by atoms with Gasteiger partial charge in [-0.15, -0.1) is 0 Å². The number of benzene rings is 1. The van der Waals surface area contributed by atoms with Crippen molar-refractivity contribution in [1.82, 2.24) is 19.6 Å². The van der Waals surface area contributed by atoms with E-state index >= 15 is 0 Å². The third-order valence-corrected chi connectivity index (χ3v) is 3.83. The highest BCUT2D eigenvalue weighted by Gasteiger charge is 2.19. The van der Waals surface area contributed by atoms with E-state index in [0.29, 0.717) is 11.2 Å². The molecule has 0 saturated carbocycles. The summed E-state index contributed by atoms with van der Waals surface area (Å²) >= 11 is 0. The molecule has 0 atom stereocenters. The Balaban J connectivity index is 2.09. The molecule has 108 valence electrons. The number of aryl methyl sites for hydroxylation is 1. The minimum absolute atomic E-state index is 0.188. The lowest BCUT2D eigenvalue weighted by Crippen LogP contribution is -1.99. The summed E-state index contributed by atoms with van der Waals surface area (Å²) in [6.07, 6.45) is 3.24. The van der Waals surface area contributed by atoms with Crippen LogP contribution >= 0.6 is 0 Å². The Morgan fingerprint density at radius 2 is 2.18 bits per heavy atom. The number of hydrogen-bond acceptors (Lipinski definition) is 3. The second-order valence-electron chi connectivity index (χ2n) is 5.16. The number of carbonyl (C=O) groups is 1. The summed E-state index contributed by atoms with van der Waals surface area (Å²) in [4.78, 5) is 18.8. The number of para-hydroxylation sites is 1. The van der Waals surface area contributed by atoms with Crippen molar-refractivity contribution in [3.8, 4) is 11.1 Å². The standard InChI is InChI=1S/C16H12N4O2/c1-9-3-2-4-11-13(15(16(21)22)19-14(9)11)10-5-6-20-12(7-10)17-8-18-20/h2-8,19H,1H3,(H,21,22). The van der Waals surface area contributed by atoms with Gasteiger partial charge in [0.25, 0.3) is 0 Å². The Labute approximate surface area is 125 Å². The number of nitrogens with one attached hydrogen (secondary N) is 1. The van der Waals surface area contributed by atoms with Crippen LogP contribution in [0.4, 0.5) is 0 Å². The van der Waals surface area contributed by atoms with Crippen LogP contribution in [0.25, 0.3) is 27.7 Å². The topological polar surface area (TPSA) is 83.3 Å². The largest absolute Gasteiger partial charge is 0.477 e. The summed E-state index contributed by atoms with van der Waals surface area (Å²) in [6.45, 7) is 1.95. The molecule has 6 heteroatoms. The third-order valence-electron chi connectivity index (χ3n) is 3.83. The molecule has 2 N–H and O–H groups in total. The van der Waals surface area contributed by atoms with Crippen LogP contribution in [-0.2, 0) is 0 Å². The van der Waals surface area contributed by atoms with E-state index in [1.807, 2.05) is 37.3 Å². The van der Waals surface area contributed by atoms with Crippen LogP contribution in [0.2, 0.25) is 0 Å². The van der Waals surface area contributed by atoms with Gasteiger partial charge in [-0.2, -0.15) is 5.10 Å². The molecule has 4 rings (SSSR count). The van der Waals surface area contributed by atoms with Crippen molar-refractivity contribution in [2.75, 3.05) is 0 Å². The van der Waals surface area contributed by atoms with Crippen molar-refractivity contribution >= 4 is 22.5 Å². The van der Waals surface area contributed by atoms with Gasteiger partial charge in [0.2, 0.25) is 0 Å². The van der Waals surface area contributed by atoms with E-state index < -0.39 is 5.97 Å². The molecule has 4 aromatic rings. The molecule has 0 saturated heterocycles. The van der Waals surface area contributed by atoms with E-state index in [9.17, 15) is 9.90 Å². The lowest BCUT2D eigenvalue weighted by molar-refractivity contribution is 0.0692. The summed E-state index contributed by atoms with van der Waals surface area (Å²) < 4.78 is 1.64. The molecule has 0 amide bonds. The molecule has 3 aromatic heterocycles. The summed E-state index contributed by atoms with van der Waals surface area (Å²) in [5.74, 6) is -0.980. The first kappa shape index (κ1) is 12.6. The molecule has 0 aliphatic carbocycles. The van der Waals surface area contributed by atoms with Crippen LogP contribution in [-0.4, -0.2) is 30.7 Å². The summed E-state index contributed by atoms with van der Waals surface area (Å²) in [7, 11) is 0. The van der Waals surface area contributed by atoms with Crippen molar-refractivity contribution < 1.29 is 9.90 Å². The number of aromatic carboxylic acids is 1. The smallest absolute Gasteiger partial charge is 0.352 e. The van der Waals surface area contributed by atoms with Gasteiger partial charge in [0.1, 0.15) is 12.0 Å². The SMILES string of the molecule is Cc1cccc2c(-c3ccn4ncnc4c3)c(C(=O)O)[nH]c12. The quantitative estimate of drug-likeness (QED) is 0.595. The number of rotatable bonds is 2. The first-order chi connectivity index (χ1) is 10.6. The van der Waals surface area contributed by atoms with Crippen molar-refractivity contribution in [2.45, 2.75) is 6.92 Å². The number of carboxylic acids is 1. The maximum atomic E-state index is 11.6. The number of pyridine rings is 1. The summed E-state index contributed by atoms with van der Waals surface area (Å²) in [5.41, 5.74) is 4.20. The molecule has 6 nitrogen and oxygen atoms in total. The van der Waals surface area contributed by atoms with Crippen molar-refractivity contribution in [3.63, 3.8) is 0 Å². The summed E-state index contributed by atoms with van der Waals surface area (Å²) in [6, 6.07) is 9.49. The van der Waals surface area contributed by atoms with Gasteiger partial charge in [0.05, 0.1) is 0 Å². The van der Waals surface area contributed by atoms with Crippen LogP contribution in [0.15, 0.2) is 42.9 Å². The number of hydrogen-bond donors (Lipinski definition) is 2. The highest BCUT2D eigenvalue weighted by molar-refractivity contribution is 6.08. The monoisotopic (exact) mass is 292 g/mol. The second kappa shape index (κ2) is 4.42. The van der Waals surface area contributed by atoms with Crippen LogP contribution in [0.5, 0.6) is 0 Å². The zero-order valence-corrected chi connectivity index (χ0v) is 11.7. The van der Waals surface area contributed by atoms with E-state index in [2.05, 4.69) is 15.1 Å². The van der Waals surface area contributed by atoms with Crippen LogP contribution in [0.3, 0.4) is 0 Å². The fourth-order valence-electron chi connectivity index (χ4n) is 2.80. The number of nitrogens with zero attached hydrogens (tertiary/aromatic N) is 3. The van der Waals surface area contributed by atoms with Gasteiger partial charge in [0.15, 0.2) is 5.65 Å². The molecule has 0 fully saturated rings. The highest BCUT2D eigenvalue weighted by Crippen LogP contribution is 2.34. The maximum absolute atomic E-state index is 11.6. The van der Waals surface area contributed by atoms with Gasteiger partial charge in [0, 0.05) is 22.7 Å². The molecule has 0 bridgehead atoms. The molecule has 0 aliphatic heterocycles. The van der Waals surface area contributed by atoms with Crippen molar-refractivity contribution in [1.29, 1.82) is 0 Å². The fraction of sp³-hybridized carbons (Fsp3) is 0.0625. The maximum Gasteiger partial charge on any atom is 0.352 e. The molecule has 0 aliphatic rings. The number of aromatic nitrogens is 4. The van der Waals surface area contributed by atoms with Crippen LogP contribution in [0.1, 0.15) is 16.1 Å². The zero-order valence-electron chi connectivity index (χ0n) is 11.7. The number of carboxylic acid groups (broad SMARTS) is 1. The Bertz CT molecular complexity index is 1030. The van der Waals surface area contributed by atoms with Gasteiger partial charge in [-0.1, -0.05) is 18.2 Å². The molecule has 0 unspecified atom stereocenters. The Kier molecular flexibility index (Phi) is 2.53. The number of fused-ring (bicyclic) bond motifs is 2. The minimum atomic E-state index is -0.980. The number of H-pyrrole nitrogens is 1. The second-order valence-corrected chi connectivity index (χ2v) is 5.16. The normalized spacial score (nSPS) is 11.3. The van der Waals surface area contributed by atoms with E-state index in [1.54, 1.807) is 10.7 Å². The molecule has 1 aromatic carbocycles. The molecule has 3 heterocycles. The average Bonchev–Trinajstić information content (AvgIpc) is 3.11. The predicted octanol–water partition coefficient (Wildman–Crippen LogP) is 2.88. The fourth-order valence-corrected chi connectivity index (χ4v) is 2.80. The third kappa shape index (κ3) is 1.70. The Hall–Kier alpha value is -3.15. The predicted molar refractivity (Wildman–Crippen MR) is 82.0 cm³/mol. The first-order valence-electron chi connectivity index (χ1n) is 6.79. The molecule has 0 spiro atoms. The van der Waals surface area contributed by atoms with E-state index in [4.69, 9.17) is 0 Å². The lowest BCUT2D eigenvalue weighted by atomic mass is 10.0. The average molecular weight is 292 g/mol. The van der Waals surface area contributed by atoms with Gasteiger partial charge in [-0.05, 0) is 30.2 Å². The van der Waals surface area contributed by atoms with Crippen LogP contribution < -0.4 is 0 Å². The van der Waals surface area contributed by atoms with Gasteiger partial charge in [-0.3, -0.25) is 0 Å². The van der Waals surface area contributed by atoms with E-state index in [-0.39, 0.29) is 5.69 Å². The van der Waals surface area contributed by atoms with Crippen molar-refractivity contribution in [3.05, 3.63) is 54.1 Å². The van der Waals surface area contributed by atoms with Crippen molar-refractivity contribution in [2.24, 2.45) is 0 Å². The zero-order chi connectivity index (χ0) is 15.3. The van der Waals surface area contributed by atoms with Crippen LogP contribution in [0, 0.1) is 6.92 Å². The molecular formula is C16H12N4O2. The van der Waals surface area contributed by atoms with Gasteiger partial charge >= 0.3 is 5.97 Å². The lowest BCUT2D eigenvalue weighted by Gasteiger charge is -2.03. The van der Waals surface area contributed by atoms with E-state index in [0.717, 1.165) is 22.0 Å². The van der Waals surface area contributed by atoms with E-state index in [1.165, 1.54) is 6.33 Å². The summed E-state index contributed by atoms with van der Waals surface area (Å²) in [5, 5.41) is 14.5. The number of aromatic amines is 1.